The summed E-state index contributed by atoms with van der Waals surface area (Å²) < 4.78 is 21.3. The molecule has 0 bridgehead atoms. The Morgan fingerprint density at radius 1 is 0.947 bits per heavy atom. The fraction of sp³-hybridized carbons (Fsp3) is 0.167. The van der Waals surface area contributed by atoms with Gasteiger partial charge in [0.25, 0.3) is 11.8 Å². The molecule has 5 rings (SSSR count). The van der Waals surface area contributed by atoms with E-state index in [0.717, 1.165) is 40.1 Å². The molecule has 0 atom stereocenters. The molecule has 4 amide bonds. The van der Waals surface area contributed by atoms with Crippen LogP contribution < -0.4 is 15.0 Å². The van der Waals surface area contributed by atoms with Gasteiger partial charge in [-0.1, -0.05) is 24.3 Å². The van der Waals surface area contributed by atoms with Crippen molar-refractivity contribution >= 4 is 40.5 Å². The molecule has 8 heteroatoms. The van der Waals surface area contributed by atoms with E-state index in [1.807, 2.05) is 48.7 Å². The number of anilines is 1. The van der Waals surface area contributed by atoms with Crippen LogP contribution in [0.3, 0.4) is 0 Å². The third kappa shape index (κ3) is 4.93. The first-order valence-electron chi connectivity index (χ1n) is 12.3. The minimum atomic E-state index is -0.880. The Labute approximate surface area is 219 Å². The van der Waals surface area contributed by atoms with Gasteiger partial charge in [0, 0.05) is 29.2 Å². The predicted octanol–water partition coefficient (Wildman–Crippen LogP) is 5.53. The number of urea groups is 1. The van der Waals surface area contributed by atoms with Gasteiger partial charge in [0.2, 0.25) is 0 Å². The highest BCUT2D eigenvalue weighted by atomic mass is 19.1. The summed E-state index contributed by atoms with van der Waals surface area (Å²) in [6.45, 7) is 5.30. The van der Waals surface area contributed by atoms with Gasteiger partial charge in [-0.25, -0.2) is 14.1 Å². The van der Waals surface area contributed by atoms with Crippen LogP contribution in [0.25, 0.3) is 17.0 Å². The highest BCUT2D eigenvalue weighted by Crippen LogP contribution is 2.27. The minimum Gasteiger partial charge on any atom is -0.494 e. The lowest BCUT2D eigenvalue weighted by molar-refractivity contribution is -0.122. The molecular weight excluding hydrogens is 485 g/mol. The van der Waals surface area contributed by atoms with Crippen molar-refractivity contribution in [3.63, 3.8) is 0 Å². The molecule has 1 N–H and O–H groups in total. The quantitative estimate of drug-likeness (QED) is 0.201. The summed E-state index contributed by atoms with van der Waals surface area (Å²) in [5, 5.41) is 3.07. The first kappa shape index (κ1) is 25.0. The third-order valence-corrected chi connectivity index (χ3v) is 6.60. The number of carbonyl (C=O) groups excluding carboxylic acids is 3. The first-order chi connectivity index (χ1) is 18.3. The SMILES string of the molecule is Cc1ccc(OCCCn2cc(/C=C3\C(=O)NC(=O)N(c4ccc(F)cc4)C3=O)c3ccccc32)cc1C. The second kappa shape index (κ2) is 10.3. The van der Waals surface area contributed by atoms with Gasteiger partial charge in [0.15, 0.2) is 0 Å². The minimum absolute atomic E-state index is 0.165. The lowest BCUT2D eigenvalue weighted by Gasteiger charge is -2.26. The normalized spacial score (nSPS) is 14.9. The zero-order valence-electron chi connectivity index (χ0n) is 21.0. The maximum atomic E-state index is 13.4. The number of carbonyl (C=O) groups is 3. The zero-order valence-corrected chi connectivity index (χ0v) is 21.0. The van der Waals surface area contributed by atoms with E-state index in [1.54, 1.807) is 0 Å². The summed E-state index contributed by atoms with van der Waals surface area (Å²) in [4.78, 5) is 39.1. The number of benzene rings is 3. The Kier molecular flexibility index (Phi) is 6.79. The van der Waals surface area contributed by atoms with E-state index in [1.165, 1.54) is 29.3 Å². The molecule has 38 heavy (non-hydrogen) atoms. The highest BCUT2D eigenvalue weighted by Gasteiger charge is 2.37. The lowest BCUT2D eigenvalue weighted by atomic mass is 10.1. The van der Waals surface area contributed by atoms with Gasteiger partial charge in [0.1, 0.15) is 17.1 Å². The van der Waals surface area contributed by atoms with Crippen molar-refractivity contribution in [3.8, 4) is 5.75 Å². The molecule has 192 valence electrons. The van der Waals surface area contributed by atoms with Crippen LogP contribution in [0, 0.1) is 19.7 Å². The molecule has 7 nitrogen and oxygen atoms in total. The number of imide groups is 2. The summed E-state index contributed by atoms with van der Waals surface area (Å²) in [6.07, 6.45) is 4.12. The number of aromatic nitrogens is 1. The number of nitrogens with one attached hydrogen (secondary N) is 1. The molecule has 0 spiro atoms. The Morgan fingerprint density at radius 3 is 2.47 bits per heavy atom. The van der Waals surface area contributed by atoms with Crippen molar-refractivity contribution in [2.45, 2.75) is 26.8 Å². The number of para-hydroxylation sites is 1. The molecule has 1 aliphatic rings. The smallest absolute Gasteiger partial charge is 0.335 e. The lowest BCUT2D eigenvalue weighted by Crippen LogP contribution is -2.54. The molecule has 0 unspecified atom stereocenters. The summed E-state index contributed by atoms with van der Waals surface area (Å²) in [5.41, 5.74) is 3.99. The van der Waals surface area contributed by atoms with E-state index in [-0.39, 0.29) is 11.3 Å². The number of nitrogens with zero attached hydrogens (tertiary/aromatic N) is 2. The number of amides is 4. The second-order valence-corrected chi connectivity index (χ2v) is 9.18. The van der Waals surface area contributed by atoms with E-state index in [0.29, 0.717) is 18.7 Å². The summed E-state index contributed by atoms with van der Waals surface area (Å²) in [7, 11) is 0. The average Bonchev–Trinajstić information content (AvgIpc) is 3.25. The van der Waals surface area contributed by atoms with Crippen molar-refractivity contribution in [2.24, 2.45) is 0 Å². The van der Waals surface area contributed by atoms with Crippen molar-refractivity contribution < 1.29 is 23.5 Å². The van der Waals surface area contributed by atoms with Crippen molar-refractivity contribution in [3.05, 3.63) is 101 Å². The van der Waals surface area contributed by atoms with Crippen LogP contribution >= 0.6 is 0 Å². The molecule has 0 saturated carbocycles. The number of halogens is 1. The highest BCUT2D eigenvalue weighted by molar-refractivity contribution is 6.39. The van der Waals surface area contributed by atoms with E-state index < -0.39 is 23.7 Å². The van der Waals surface area contributed by atoms with Gasteiger partial charge in [-0.15, -0.1) is 0 Å². The number of barbiturate groups is 1. The molecule has 0 aliphatic carbocycles. The summed E-state index contributed by atoms with van der Waals surface area (Å²) in [5.74, 6) is -1.23. The van der Waals surface area contributed by atoms with Crippen LogP contribution in [0.2, 0.25) is 0 Å². The Balaban J connectivity index is 1.38. The van der Waals surface area contributed by atoms with Gasteiger partial charge in [-0.2, -0.15) is 0 Å². The van der Waals surface area contributed by atoms with Crippen LogP contribution in [-0.2, 0) is 16.1 Å². The first-order valence-corrected chi connectivity index (χ1v) is 12.3. The molecule has 2 heterocycles. The number of aryl methyl sites for hydroxylation is 3. The maximum Gasteiger partial charge on any atom is 0.335 e. The van der Waals surface area contributed by atoms with E-state index in [4.69, 9.17) is 4.74 Å². The molecule has 1 aliphatic heterocycles. The second-order valence-electron chi connectivity index (χ2n) is 9.18. The van der Waals surface area contributed by atoms with Crippen LogP contribution in [0.15, 0.2) is 78.5 Å². The fourth-order valence-corrected chi connectivity index (χ4v) is 4.44. The number of rotatable bonds is 7. The van der Waals surface area contributed by atoms with Crippen molar-refractivity contribution in [1.29, 1.82) is 0 Å². The molecule has 0 radical (unpaired) electrons. The largest absolute Gasteiger partial charge is 0.494 e. The zero-order chi connectivity index (χ0) is 26.8. The summed E-state index contributed by atoms with van der Waals surface area (Å²) >= 11 is 0. The van der Waals surface area contributed by atoms with E-state index in [9.17, 15) is 18.8 Å². The summed E-state index contributed by atoms with van der Waals surface area (Å²) in [6, 6.07) is 17.8. The topological polar surface area (TPSA) is 80.6 Å². The molecule has 3 aromatic carbocycles. The number of fused-ring (bicyclic) bond motifs is 1. The van der Waals surface area contributed by atoms with Crippen LogP contribution in [0.1, 0.15) is 23.1 Å². The van der Waals surface area contributed by atoms with Crippen LogP contribution in [0.4, 0.5) is 14.9 Å². The average molecular weight is 512 g/mol. The number of hydrogen-bond acceptors (Lipinski definition) is 4. The van der Waals surface area contributed by atoms with E-state index >= 15 is 0 Å². The Morgan fingerprint density at radius 2 is 1.71 bits per heavy atom. The third-order valence-electron chi connectivity index (χ3n) is 6.60. The molecular formula is C30H26FN3O4. The van der Waals surface area contributed by atoms with Crippen molar-refractivity contribution in [1.82, 2.24) is 9.88 Å². The Hall–Kier alpha value is -4.72. The van der Waals surface area contributed by atoms with Gasteiger partial charge in [-0.3, -0.25) is 14.9 Å². The van der Waals surface area contributed by atoms with Gasteiger partial charge < -0.3 is 9.30 Å². The maximum absolute atomic E-state index is 13.4. The predicted molar refractivity (Wildman–Crippen MR) is 143 cm³/mol. The monoisotopic (exact) mass is 511 g/mol. The van der Waals surface area contributed by atoms with Gasteiger partial charge >= 0.3 is 6.03 Å². The van der Waals surface area contributed by atoms with Crippen LogP contribution in [-0.4, -0.2) is 29.0 Å². The molecule has 1 aromatic heterocycles. The van der Waals surface area contributed by atoms with Crippen molar-refractivity contribution in [2.75, 3.05) is 11.5 Å². The van der Waals surface area contributed by atoms with Gasteiger partial charge in [-0.05, 0) is 79.9 Å². The molecule has 1 fully saturated rings. The standard InChI is InChI=1S/C30H26FN3O4/c1-19-8-13-24(16-20(19)2)38-15-5-14-33-18-21(25-6-3-4-7-27(25)33)17-26-28(35)32-30(37)34(29(26)36)23-11-9-22(31)10-12-23/h3-4,6-13,16-18H,5,14-15H2,1-2H3,(H,32,35,37)/b26-17+. The van der Waals surface area contributed by atoms with Gasteiger partial charge in [0.05, 0.1) is 12.3 Å². The molecule has 4 aromatic rings. The van der Waals surface area contributed by atoms with E-state index in [2.05, 4.69) is 23.7 Å². The molecule has 1 saturated heterocycles. The van der Waals surface area contributed by atoms with Crippen LogP contribution in [0.5, 0.6) is 5.75 Å². The number of hydrogen-bond donors (Lipinski definition) is 1. The fourth-order valence-electron chi connectivity index (χ4n) is 4.44. The Bertz CT molecular complexity index is 1590. The number of ether oxygens (including phenoxy) is 1.